The van der Waals surface area contributed by atoms with Gasteiger partial charge in [-0.2, -0.15) is 0 Å². The first kappa shape index (κ1) is 12.6. The molecule has 0 radical (unpaired) electrons. The number of methoxy groups -OCH3 is 1. The van der Waals surface area contributed by atoms with Crippen LogP contribution in [0.4, 0.5) is 0 Å². The summed E-state index contributed by atoms with van der Waals surface area (Å²) in [5.74, 6) is 0.772. The Labute approximate surface area is 113 Å². The van der Waals surface area contributed by atoms with Crippen LogP contribution in [0.2, 0.25) is 0 Å². The Morgan fingerprint density at radius 3 is 2.88 bits per heavy atom. The summed E-state index contributed by atoms with van der Waals surface area (Å²) < 4.78 is 6.21. The van der Waals surface area contributed by atoms with Crippen LogP contribution in [0.3, 0.4) is 0 Å². The van der Waals surface area contributed by atoms with E-state index in [0.29, 0.717) is 6.42 Å². The summed E-state index contributed by atoms with van der Waals surface area (Å²) in [5, 5.41) is 12.2. The van der Waals surface area contributed by atoms with Gasteiger partial charge in [0.15, 0.2) is 0 Å². The van der Waals surface area contributed by atoms with Gasteiger partial charge in [-0.05, 0) is 39.7 Å². The van der Waals surface area contributed by atoms with Gasteiger partial charge in [-0.3, -0.25) is 0 Å². The Morgan fingerprint density at radius 1 is 1.41 bits per heavy atom. The number of hydrogen-bond acceptors (Lipinski definition) is 3. The second-order valence-corrected chi connectivity index (χ2v) is 5.64. The second kappa shape index (κ2) is 5.67. The largest absolute Gasteiger partial charge is 0.497 e. The van der Waals surface area contributed by atoms with E-state index in [1.165, 1.54) is 0 Å². The van der Waals surface area contributed by atoms with Gasteiger partial charge in [0.1, 0.15) is 5.75 Å². The van der Waals surface area contributed by atoms with E-state index in [0.717, 1.165) is 20.7 Å². The molecule has 0 amide bonds. The lowest BCUT2D eigenvalue weighted by atomic mass is 10.1. The zero-order chi connectivity index (χ0) is 12.3. The van der Waals surface area contributed by atoms with Gasteiger partial charge in [-0.1, -0.05) is 12.1 Å². The topological polar surface area (TPSA) is 29.5 Å². The van der Waals surface area contributed by atoms with Crippen LogP contribution in [0, 0.1) is 0 Å². The third-order valence-electron chi connectivity index (χ3n) is 2.49. The minimum atomic E-state index is -0.490. The van der Waals surface area contributed by atoms with Crippen LogP contribution in [-0.2, 0) is 6.42 Å². The van der Waals surface area contributed by atoms with Crippen molar-refractivity contribution in [3.8, 4) is 5.75 Å². The predicted molar refractivity (Wildman–Crippen MR) is 73.7 cm³/mol. The highest BCUT2D eigenvalue weighted by Crippen LogP contribution is 2.26. The maximum atomic E-state index is 10.1. The summed E-state index contributed by atoms with van der Waals surface area (Å²) in [6.07, 6.45) is 0.138. The number of aliphatic hydroxyl groups is 1. The van der Waals surface area contributed by atoms with Crippen molar-refractivity contribution >= 4 is 27.3 Å². The molecule has 0 aliphatic rings. The molecule has 90 valence electrons. The minimum absolute atomic E-state index is 0.490. The number of hydrogen-bond donors (Lipinski definition) is 1. The number of aliphatic hydroxyl groups excluding tert-OH is 1. The molecular weight excluding hydrogens is 300 g/mol. The molecule has 2 nitrogen and oxygen atoms in total. The normalized spacial score (nSPS) is 12.4. The van der Waals surface area contributed by atoms with E-state index in [1.54, 1.807) is 18.4 Å². The first-order valence-corrected chi connectivity index (χ1v) is 6.91. The molecule has 0 aliphatic heterocycles. The summed E-state index contributed by atoms with van der Waals surface area (Å²) in [4.78, 5) is 1.16. The lowest BCUT2D eigenvalue weighted by Crippen LogP contribution is -2.00. The molecule has 0 fully saturated rings. The monoisotopic (exact) mass is 312 g/mol. The van der Waals surface area contributed by atoms with Crippen LogP contribution in [-0.4, -0.2) is 12.2 Å². The predicted octanol–water partition coefficient (Wildman–Crippen LogP) is 3.80. The minimum Gasteiger partial charge on any atom is -0.497 e. The van der Waals surface area contributed by atoms with E-state index in [9.17, 15) is 5.11 Å². The quantitative estimate of drug-likeness (QED) is 0.930. The van der Waals surface area contributed by atoms with Crippen LogP contribution < -0.4 is 4.74 Å². The first-order chi connectivity index (χ1) is 8.19. The fourth-order valence-electron chi connectivity index (χ4n) is 1.62. The Hall–Kier alpha value is -0.840. The lowest BCUT2D eigenvalue weighted by Gasteiger charge is -2.10. The number of halogens is 1. The second-order valence-electron chi connectivity index (χ2n) is 3.73. The SMILES string of the molecule is COc1cccc(C(O)Cc2cc(Br)cs2)c1. The summed E-state index contributed by atoms with van der Waals surface area (Å²) in [6, 6.07) is 9.58. The number of ether oxygens (including phenoxy) is 1. The third kappa shape index (κ3) is 3.31. The van der Waals surface area contributed by atoms with Gasteiger partial charge in [0.2, 0.25) is 0 Å². The van der Waals surface area contributed by atoms with E-state index in [-0.39, 0.29) is 0 Å². The van der Waals surface area contributed by atoms with Gasteiger partial charge in [-0.25, -0.2) is 0 Å². The molecule has 1 aromatic carbocycles. The van der Waals surface area contributed by atoms with Crippen molar-refractivity contribution in [2.45, 2.75) is 12.5 Å². The van der Waals surface area contributed by atoms with Crippen LogP contribution >= 0.6 is 27.3 Å². The van der Waals surface area contributed by atoms with Crippen LogP contribution in [0.25, 0.3) is 0 Å². The van der Waals surface area contributed by atoms with Crippen molar-refractivity contribution in [2.75, 3.05) is 7.11 Å². The zero-order valence-electron chi connectivity index (χ0n) is 9.39. The standard InChI is InChI=1S/C13H13BrO2S/c1-16-11-4-2-3-9(5-11)13(15)7-12-6-10(14)8-17-12/h2-6,8,13,15H,7H2,1H3. The van der Waals surface area contributed by atoms with Gasteiger partial charge in [-0.15, -0.1) is 11.3 Å². The average Bonchev–Trinajstić information content (AvgIpc) is 2.75. The highest BCUT2D eigenvalue weighted by atomic mass is 79.9. The van der Waals surface area contributed by atoms with E-state index in [1.807, 2.05) is 35.7 Å². The molecule has 1 atom stereocenters. The Morgan fingerprint density at radius 2 is 2.24 bits per heavy atom. The van der Waals surface area contributed by atoms with E-state index >= 15 is 0 Å². The highest BCUT2D eigenvalue weighted by Gasteiger charge is 2.10. The van der Waals surface area contributed by atoms with E-state index in [2.05, 4.69) is 15.9 Å². The van der Waals surface area contributed by atoms with Crippen molar-refractivity contribution in [3.05, 3.63) is 50.6 Å². The first-order valence-electron chi connectivity index (χ1n) is 5.24. The average molecular weight is 313 g/mol. The van der Waals surface area contributed by atoms with Crippen molar-refractivity contribution in [1.82, 2.24) is 0 Å². The molecule has 0 saturated heterocycles. The van der Waals surface area contributed by atoms with Crippen LogP contribution in [0.1, 0.15) is 16.5 Å². The van der Waals surface area contributed by atoms with E-state index < -0.39 is 6.10 Å². The molecule has 17 heavy (non-hydrogen) atoms. The summed E-state index contributed by atoms with van der Waals surface area (Å²) in [7, 11) is 1.63. The maximum absolute atomic E-state index is 10.1. The molecule has 0 aliphatic carbocycles. The Kier molecular flexibility index (Phi) is 4.20. The van der Waals surface area contributed by atoms with Gasteiger partial charge >= 0.3 is 0 Å². The fraction of sp³-hybridized carbons (Fsp3) is 0.231. The van der Waals surface area contributed by atoms with Crippen molar-refractivity contribution in [3.63, 3.8) is 0 Å². The molecule has 1 aromatic heterocycles. The molecule has 0 spiro atoms. The summed E-state index contributed by atoms with van der Waals surface area (Å²) in [5.41, 5.74) is 0.883. The van der Waals surface area contributed by atoms with Crippen molar-refractivity contribution in [2.24, 2.45) is 0 Å². The summed E-state index contributed by atoms with van der Waals surface area (Å²) in [6.45, 7) is 0. The number of rotatable bonds is 4. The maximum Gasteiger partial charge on any atom is 0.119 e. The number of thiophene rings is 1. The molecule has 1 heterocycles. The van der Waals surface area contributed by atoms with Crippen molar-refractivity contribution in [1.29, 1.82) is 0 Å². The zero-order valence-corrected chi connectivity index (χ0v) is 11.8. The molecule has 2 rings (SSSR count). The van der Waals surface area contributed by atoms with Gasteiger partial charge in [0.25, 0.3) is 0 Å². The Bertz CT molecular complexity index is 496. The van der Waals surface area contributed by atoms with Gasteiger partial charge in [0.05, 0.1) is 13.2 Å². The van der Waals surface area contributed by atoms with Crippen LogP contribution in [0.15, 0.2) is 40.2 Å². The fourth-order valence-corrected chi connectivity index (χ4v) is 3.11. The molecule has 2 aromatic rings. The lowest BCUT2D eigenvalue weighted by molar-refractivity contribution is 0.179. The summed E-state index contributed by atoms with van der Waals surface area (Å²) >= 11 is 5.05. The van der Waals surface area contributed by atoms with Crippen LogP contribution in [0.5, 0.6) is 5.75 Å². The Balaban J connectivity index is 2.11. The molecule has 1 unspecified atom stereocenters. The van der Waals surface area contributed by atoms with Gasteiger partial charge in [0, 0.05) is 21.2 Å². The molecular formula is C13H13BrO2S. The van der Waals surface area contributed by atoms with E-state index in [4.69, 9.17) is 4.74 Å². The molecule has 0 bridgehead atoms. The number of benzene rings is 1. The smallest absolute Gasteiger partial charge is 0.119 e. The molecule has 0 saturated carbocycles. The highest BCUT2D eigenvalue weighted by molar-refractivity contribution is 9.10. The molecule has 4 heteroatoms. The van der Waals surface area contributed by atoms with Gasteiger partial charge < -0.3 is 9.84 Å². The van der Waals surface area contributed by atoms with Crippen molar-refractivity contribution < 1.29 is 9.84 Å². The molecule has 1 N–H and O–H groups in total. The third-order valence-corrected chi connectivity index (χ3v) is 4.21.